The van der Waals surface area contributed by atoms with E-state index in [1.807, 2.05) is 13.8 Å². The molecule has 3 aromatic heterocycles. The van der Waals surface area contributed by atoms with Crippen molar-refractivity contribution in [1.82, 2.24) is 24.5 Å². The lowest BCUT2D eigenvalue weighted by Crippen LogP contribution is -2.28. The van der Waals surface area contributed by atoms with Gasteiger partial charge >= 0.3 is 0 Å². The second kappa shape index (κ2) is 8.01. The summed E-state index contributed by atoms with van der Waals surface area (Å²) >= 11 is 5.98. The molecule has 3 rings (SSSR count). The Morgan fingerprint density at radius 3 is 2.59 bits per heavy atom. The molecule has 1 atom stereocenters. The van der Waals surface area contributed by atoms with Crippen LogP contribution < -0.4 is 16.0 Å². The zero-order chi connectivity index (χ0) is 21.3. The van der Waals surface area contributed by atoms with Crippen molar-refractivity contribution in [3.8, 4) is 0 Å². The van der Waals surface area contributed by atoms with Crippen molar-refractivity contribution in [2.24, 2.45) is 5.14 Å². The Morgan fingerprint density at radius 1 is 1.28 bits per heavy atom. The summed E-state index contributed by atoms with van der Waals surface area (Å²) in [5.74, 6) is 0.115. The first kappa shape index (κ1) is 21.1. The van der Waals surface area contributed by atoms with Crippen LogP contribution in [0.5, 0.6) is 0 Å². The molecule has 0 aliphatic carbocycles. The van der Waals surface area contributed by atoms with Crippen LogP contribution in [0.15, 0.2) is 28.0 Å². The third-order valence-electron chi connectivity index (χ3n) is 4.48. The number of halogens is 1. The van der Waals surface area contributed by atoms with Gasteiger partial charge in [0.1, 0.15) is 10.4 Å². The molecule has 0 radical (unpaired) electrons. The van der Waals surface area contributed by atoms with E-state index in [1.54, 1.807) is 11.5 Å². The van der Waals surface area contributed by atoms with Crippen LogP contribution in [0, 0.1) is 6.92 Å². The summed E-state index contributed by atoms with van der Waals surface area (Å²) in [6.45, 7) is 5.77. The quantitative estimate of drug-likeness (QED) is 0.554. The number of aryl methyl sites for hydroxylation is 1. The van der Waals surface area contributed by atoms with Gasteiger partial charge in [0.2, 0.25) is 15.3 Å². The van der Waals surface area contributed by atoms with Crippen LogP contribution in [-0.2, 0) is 16.6 Å². The first-order chi connectivity index (χ1) is 13.6. The smallest absolute Gasteiger partial charge is 0.295 e. The number of fused-ring (bicyclic) bond motifs is 1. The predicted octanol–water partition coefficient (Wildman–Crippen LogP) is 1.77. The van der Waals surface area contributed by atoms with Gasteiger partial charge in [-0.05, 0) is 44.0 Å². The molecule has 12 heteroatoms. The number of hydrogen-bond donors (Lipinski definition) is 2. The van der Waals surface area contributed by atoms with Crippen LogP contribution in [0.1, 0.15) is 37.7 Å². The largest absolute Gasteiger partial charge is 0.360 e. The molecule has 154 valence electrons. The number of sulfonamides is 1. The summed E-state index contributed by atoms with van der Waals surface area (Å²) in [5.41, 5.74) is 1.56. The van der Waals surface area contributed by atoms with E-state index in [4.69, 9.17) is 16.7 Å². The molecule has 3 heterocycles. The molecule has 0 amide bonds. The van der Waals surface area contributed by atoms with Gasteiger partial charge in [0.05, 0.1) is 17.9 Å². The highest BCUT2D eigenvalue weighted by atomic mass is 35.5. The van der Waals surface area contributed by atoms with E-state index in [1.165, 1.54) is 12.1 Å². The van der Waals surface area contributed by atoms with Gasteiger partial charge in [0.25, 0.3) is 5.56 Å². The van der Waals surface area contributed by atoms with Crippen molar-refractivity contribution < 1.29 is 8.42 Å². The standard InChI is InChI=1S/C17H20ClN7O3S/c1-4-9(2)25-15-13(10(3)22-17(18)24-15)23-14(16(25)26)21-7-11-5-6-12(8-20-11)29(19,27)28/h5-6,8-9H,4,7H2,1-3H3,(H,21,23)(H2,19,27,28)/t9-/m1/s1. The molecular weight excluding hydrogens is 418 g/mol. The highest BCUT2D eigenvalue weighted by Gasteiger charge is 2.18. The average molecular weight is 438 g/mol. The van der Waals surface area contributed by atoms with Gasteiger partial charge in [-0.25, -0.2) is 23.5 Å². The first-order valence-corrected chi connectivity index (χ1v) is 10.7. The summed E-state index contributed by atoms with van der Waals surface area (Å²) in [7, 11) is -3.82. The molecule has 0 fully saturated rings. The highest BCUT2D eigenvalue weighted by Crippen LogP contribution is 2.20. The van der Waals surface area contributed by atoms with Crippen molar-refractivity contribution in [2.45, 2.75) is 44.7 Å². The fourth-order valence-corrected chi connectivity index (χ4v) is 3.42. The number of anilines is 1. The predicted molar refractivity (Wildman–Crippen MR) is 109 cm³/mol. The first-order valence-electron chi connectivity index (χ1n) is 8.79. The SMILES string of the molecule is CC[C@@H](C)n1c(=O)c(NCc2ccc(S(N)(=O)=O)cn2)nc2c(C)nc(Cl)nc21. The zero-order valence-corrected chi connectivity index (χ0v) is 17.6. The lowest BCUT2D eigenvalue weighted by molar-refractivity contribution is 0.526. The normalized spacial score (nSPS) is 12.9. The van der Waals surface area contributed by atoms with Crippen LogP contribution in [0.25, 0.3) is 11.2 Å². The van der Waals surface area contributed by atoms with Crippen molar-refractivity contribution in [3.05, 3.63) is 45.4 Å². The van der Waals surface area contributed by atoms with Gasteiger partial charge in [-0.3, -0.25) is 14.3 Å². The van der Waals surface area contributed by atoms with Crippen molar-refractivity contribution in [2.75, 3.05) is 5.32 Å². The Hall–Kier alpha value is -2.63. The number of rotatable bonds is 6. The second-order valence-corrected chi connectivity index (χ2v) is 8.43. The second-order valence-electron chi connectivity index (χ2n) is 6.53. The van der Waals surface area contributed by atoms with E-state index in [0.29, 0.717) is 29.0 Å². The van der Waals surface area contributed by atoms with Gasteiger partial charge in [-0.2, -0.15) is 4.98 Å². The van der Waals surface area contributed by atoms with E-state index < -0.39 is 10.0 Å². The maximum Gasteiger partial charge on any atom is 0.295 e. The molecule has 3 N–H and O–H groups in total. The van der Waals surface area contributed by atoms with E-state index >= 15 is 0 Å². The van der Waals surface area contributed by atoms with Crippen LogP contribution in [0.3, 0.4) is 0 Å². The Kier molecular flexibility index (Phi) is 5.82. The van der Waals surface area contributed by atoms with Crippen LogP contribution in [0.2, 0.25) is 5.28 Å². The van der Waals surface area contributed by atoms with Crippen LogP contribution in [0.4, 0.5) is 5.82 Å². The van der Waals surface area contributed by atoms with E-state index in [-0.39, 0.29) is 34.1 Å². The molecule has 0 spiro atoms. The number of nitrogens with two attached hydrogens (primary N) is 1. The monoisotopic (exact) mass is 437 g/mol. The summed E-state index contributed by atoms with van der Waals surface area (Å²) in [6, 6.07) is 2.73. The molecule has 0 aliphatic heterocycles. The maximum absolute atomic E-state index is 13.0. The Balaban J connectivity index is 2.01. The molecule has 0 saturated carbocycles. The fourth-order valence-electron chi connectivity index (χ4n) is 2.75. The average Bonchev–Trinajstić information content (AvgIpc) is 2.65. The van der Waals surface area contributed by atoms with E-state index in [0.717, 1.165) is 6.20 Å². The Bertz CT molecular complexity index is 1230. The number of hydrogen-bond acceptors (Lipinski definition) is 8. The van der Waals surface area contributed by atoms with Crippen molar-refractivity contribution in [1.29, 1.82) is 0 Å². The van der Waals surface area contributed by atoms with Gasteiger partial charge in [-0.1, -0.05) is 6.92 Å². The highest BCUT2D eigenvalue weighted by molar-refractivity contribution is 7.89. The molecule has 0 aliphatic rings. The lowest BCUT2D eigenvalue weighted by atomic mass is 10.2. The summed E-state index contributed by atoms with van der Waals surface area (Å²) in [4.78, 5) is 29.7. The number of nitrogens with zero attached hydrogens (tertiary/aromatic N) is 5. The minimum Gasteiger partial charge on any atom is -0.360 e. The minimum absolute atomic E-state index is 0.0492. The van der Waals surface area contributed by atoms with Gasteiger partial charge < -0.3 is 5.32 Å². The van der Waals surface area contributed by atoms with Crippen LogP contribution in [-0.4, -0.2) is 32.9 Å². The van der Waals surface area contributed by atoms with Crippen LogP contribution >= 0.6 is 11.6 Å². The minimum atomic E-state index is -3.82. The molecule has 0 saturated heterocycles. The molecule has 0 aromatic carbocycles. The topological polar surface area (TPSA) is 146 Å². The van der Waals surface area contributed by atoms with Gasteiger partial charge in [0, 0.05) is 12.2 Å². The molecule has 0 unspecified atom stereocenters. The molecular formula is C17H20ClN7O3S. The van der Waals surface area contributed by atoms with E-state index in [2.05, 4.69) is 25.3 Å². The molecule has 29 heavy (non-hydrogen) atoms. The van der Waals surface area contributed by atoms with Gasteiger partial charge in [-0.15, -0.1) is 0 Å². The Morgan fingerprint density at radius 2 is 2.00 bits per heavy atom. The Labute approximate surface area is 172 Å². The number of pyridine rings is 1. The zero-order valence-electron chi connectivity index (χ0n) is 16.0. The number of aromatic nitrogens is 5. The molecule has 10 nitrogen and oxygen atoms in total. The maximum atomic E-state index is 13.0. The van der Waals surface area contributed by atoms with Crippen molar-refractivity contribution >= 4 is 38.6 Å². The molecule has 3 aromatic rings. The van der Waals surface area contributed by atoms with Crippen molar-refractivity contribution in [3.63, 3.8) is 0 Å². The summed E-state index contributed by atoms with van der Waals surface area (Å²) < 4.78 is 24.2. The number of nitrogens with one attached hydrogen (secondary N) is 1. The summed E-state index contributed by atoms with van der Waals surface area (Å²) in [5, 5.41) is 8.08. The summed E-state index contributed by atoms with van der Waals surface area (Å²) in [6.07, 6.45) is 1.87. The van der Waals surface area contributed by atoms with Gasteiger partial charge in [0.15, 0.2) is 11.5 Å². The molecule has 0 bridgehead atoms. The lowest BCUT2D eigenvalue weighted by Gasteiger charge is -2.17. The fraction of sp³-hybridized carbons (Fsp3) is 0.353. The van der Waals surface area contributed by atoms with E-state index in [9.17, 15) is 13.2 Å². The number of primary sulfonamides is 1. The third kappa shape index (κ3) is 4.36. The third-order valence-corrected chi connectivity index (χ3v) is 5.55.